The number of aromatic nitrogens is 6. The van der Waals surface area contributed by atoms with Gasteiger partial charge in [-0.05, 0) is 56.9 Å². The average molecular weight is 605 g/mol. The summed E-state index contributed by atoms with van der Waals surface area (Å²) in [6.45, 7) is 9.22. The number of carbonyl (C=O) groups is 1. The summed E-state index contributed by atoms with van der Waals surface area (Å²) in [5.74, 6) is 6.13. The number of halogens is 1. The lowest BCUT2D eigenvalue weighted by atomic mass is 9.94. The molecule has 0 saturated heterocycles. The molecular formula is C31H41ClN10O. The molecule has 2 aromatic carbocycles. The number of benzene rings is 2. The van der Waals surface area contributed by atoms with Gasteiger partial charge in [-0.2, -0.15) is 15.3 Å². The van der Waals surface area contributed by atoms with Gasteiger partial charge in [-0.15, -0.1) is 0 Å². The highest BCUT2D eigenvalue weighted by molar-refractivity contribution is 6.36. The van der Waals surface area contributed by atoms with Gasteiger partial charge < -0.3 is 16.1 Å². The number of hydrazine groups is 1. The summed E-state index contributed by atoms with van der Waals surface area (Å²) in [5, 5.41) is 24.1. The summed E-state index contributed by atoms with van der Waals surface area (Å²) in [5.41, 5.74) is 13.1. The van der Waals surface area contributed by atoms with E-state index >= 15 is 0 Å². The normalized spacial score (nSPS) is 12.1. The standard InChI is InChI=1S/C29H35ClN10O.C2H6/c1-18-13-24-23(16-34-36-24)27(28(18)30)26-19(2)40(22(5-4-10-33-17-41)8-11-39(32)12-9-31)37-29(26)20-6-7-25-21(14-20)15-35-38(25)3;1-2/h6-7,9,12-17,22H,4-5,8,10-11,31-32H2,1-3H3,(H,33,41)(H,34,36);1-2H3/b12-9-;. The third-order valence-electron chi connectivity index (χ3n) is 7.57. The lowest BCUT2D eigenvalue weighted by Crippen LogP contribution is -2.29. The van der Waals surface area contributed by atoms with Gasteiger partial charge in [0.05, 0.1) is 34.5 Å². The number of hydrogen-bond donors (Lipinski definition) is 4. The van der Waals surface area contributed by atoms with E-state index < -0.39 is 0 Å². The molecule has 0 spiro atoms. The van der Waals surface area contributed by atoms with Crippen molar-refractivity contribution in [2.75, 3.05) is 13.1 Å². The molecule has 5 rings (SSSR count). The first kappa shape index (κ1) is 31.6. The predicted octanol–water partition coefficient (Wildman–Crippen LogP) is 5.34. The molecule has 1 unspecified atom stereocenters. The minimum absolute atomic E-state index is 0.00118. The van der Waals surface area contributed by atoms with E-state index in [1.807, 2.05) is 51.0 Å². The number of H-pyrrole nitrogens is 1. The van der Waals surface area contributed by atoms with E-state index in [9.17, 15) is 4.79 Å². The van der Waals surface area contributed by atoms with Gasteiger partial charge in [-0.1, -0.05) is 31.5 Å². The van der Waals surface area contributed by atoms with Crippen molar-refractivity contribution < 1.29 is 4.79 Å². The Morgan fingerprint density at radius 2 is 1.95 bits per heavy atom. The van der Waals surface area contributed by atoms with Gasteiger partial charge in [0.1, 0.15) is 5.69 Å². The monoisotopic (exact) mass is 604 g/mol. The number of carbonyl (C=O) groups excluding carboxylic acids is 1. The first-order valence-electron chi connectivity index (χ1n) is 14.5. The van der Waals surface area contributed by atoms with Crippen LogP contribution in [0.5, 0.6) is 0 Å². The minimum Gasteiger partial charge on any atom is -0.403 e. The minimum atomic E-state index is -0.00118. The van der Waals surface area contributed by atoms with E-state index in [-0.39, 0.29) is 6.04 Å². The van der Waals surface area contributed by atoms with Gasteiger partial charge in [0.2, 0.25) is 6.41 Å². The van der Waals surface area contributed by atoms with E-state index in [1.165, 1.54) is 6.20 Å². The summed E-state index contributed by atoms with van der Waals surface area (Å²) in [6, 6.07) is 8.27. The third kappa shape index (κ3) is 6.52. The molecule has 5 aromatic rings. The van der Waals surface area contributed by atoms with Crippen LogP contribution in [0.1, 0.15) is 50.4 Å². The van der Waals surface area contributed by atoms with Crippen molar-refractivity contribution in [1.82, 2.24) is 40.1 Å². The van der Waals surface area contributed by atoms with Crippen LogP contribution in [0.2, 0.25) is 5.02 Å². The number of fused-ring (bicyclic) bond motifs is 2. The Bertz CT molecular complexity index is 1720. The van der Waals surface area contributed by atoms with Gasteiger partial charge >= 0.3 is 0 Å². The Hall–Kier alpha value is -4.35. The molecule has 0 aliphatic carbocycles. The maximum atomic E-state index is 10.9. The van der Waals surface area contributed by atoms with Gasteiger partial charge in [-0.3, -0.25) is 19.3 Å². The zero-order valence-corrected chi connectivity index (χ0v) is 26.2. The zero-order valence-electron chi connectivity index (χ0n) is 25.4. The second-order valence-electron chi connectivity index (χ2n) is 10.2. The summed E-state index contributed by atoms with van der Waals surface area (Å²) >= 11 is 7.06. The van der Waals surface area contributed by atoms with Crippen LogP contribution in [0.4, 0.5) is 0 Å². The van der Waals surface area contributed by atoms with Crippen LogP contribution >= 0.6 is 11.6 Å². The molecule has 0 fully saturated rings. The van der Waals surface area contributed by atoms with Crippen LogP contribution < -0.4 is 16.9 Å². The summed E-state index contributed by atoms with van der Waals surface area (Å²) in [7, 11) is 1.93. The Kier molecular flexibility index (Phi) is 10.4. The van der Waals surface area contributed by atoms with Gasteiger partial charge in [0, 0.05) is 65.7 Å². The molecule has 0 radical (unpaired) electrons. The summed E-state index contributed by atoms with van der Waals surface area (Å²) in [6.07, 6.45) is 9.74. The van der Waals surface area contributed by atoms with E-state index in [1.54, 1.807) is 11.2 Å². The lowest BCUT2D eigenvalue weighted by molar-refractivity contribution is -0.109. The quantitative estimate of drug-likeness (QED) is 0.0650. The summed E-state index contributed by atoms with van der Waals surface area (Å²) < 4.78 is 3.94. The number of aromatic amines is 1. The molecule has 11 nitrogen and oxygen atoms in total. The molecular weight excluding hydrogens is 564 g/mol. The fourth-order valence-electron chi connectivity index (χ4n) is 5.50. The van der Waals surface area contributed by atoms with Crippen molar-refractivity contribution in [2.24, 2.45) is 18.6 Å². The van der Waals surface area contributed by atoms with Crippen LogP contribution in [-0.2, 0) is 11.8 Å². The van der Waals surface area contributed by atoms with Crippen LogP contribution in [-0.4, -0.2) is 54.3 Å². The number of hydrogen-bond acceptors (Lipinski definition) is 7. The number of rotatable bonds is 12. The van der Waals surface area contributed by atoms with Crippen molar-refractivity contribution in [3.8, 4) is 22.4 Å². The fourth-order valence-corrected chi connectivity index (χ4v) is 5.75. The molecule has 0 saturated carbocycles. The molecule has 3 aromatic heterocycles. The van der Waals surface area contributed by atoms with Crippen molar-refractivity contribution in [3.63, 3.8) is 0 Å². The van der Waals surface area contributed by atoms with E-state index in [0.717, 1.165) is 74.7 Å². The van der Waals surface area contributed by atoms with Crippen molar-refractivity contribution >= 4 is 39.8 Å². The Morgan fingerprint density at radius 1 is 1.16 bits per heavy atom. The molecule has 6 N–H and O–H groups in total. The van der Waals surface area contributed by atoms with Crippen LogP contribution in [0.25, 0.3) is 44.2 Å². The molecule has 1 amide bonds. The maximum absolute atomic E-state index is 10.9. The highest BCUT2D eigenvalue weighted by Crippen LogP contribution is 2.44. The molecule has 3 heterocycles. The van der Waals surface area contributed by atoms with Crippen molar-refractivity contribution in [1.29, 1.82) is 0 Å². The van der Waals surface area contributed by atoms with Crippen molar-refractivity contribution in [2.45, 2.75) is 53.0 Å². The molecule has 1 atom stereocenters. The summed E-state index contributed by atoms with van der Waals surface area (Å²) in [4.78, 5) is 10.9. The lowest BCUT2D eigenvalue weighted by Gasteiger charge is -2.22. The molecule has 0 aliphatic heterocycles. The van der Waals surface area contributed by atoms with E-state index in [0.29, 0.717) is 24.5 Å². The predicted molar refractivity (Wildman–Crippen MR) is 174 cm³/mol. The zero-order chi connectivity index (χ0) is 31.1. The highest BCUT2D eigenvalue weighted by atomic mass is 35.5. The second kappa shape index (κ2) is 14.2. The van der Waals surface area contributed by atoms with Crippen molar-refractivity contribution in [3.05, 3.63) is 65.3 Å². The maximum Gasteiger partial charge on any atom is 0.207 e. The largest absolute Gasteiger partial charge is 0.403 e. The van der Waals surface area contributed by atoms with E-state index in [2.05, 4.69) is 50.4 Å². The van der Waals surface area contributed by atoms with Gasteiger partial charge in [0.25, 0.3) is 0 Å². The van der Waals surface area contributed by atoms with Crippen LogP contribution in [0.15, 0.2) is 49.1 Å². The third-order valence-corrected chi connectivity index (χ3v) is 8.06. The van der Waals surface area contributed by atoms with Gasteiger partial charge in [0.15, 0.2) is 0 Å². The molecule has 12 heteroatoms. The fraction of sp³-hybridized carbons (Fsp3) is 0.355. The SMILES string of the molecule is CC.Cc1cc2[nH]ncc2c(-c2c(-c3ccc4c(cnn4C)c3)nn(C(CCCNC=O)CCN(N)/C=C\N)c2C)c1Cl. The van der Waals surface area contributed by atoms with Gasteiger partial charge in [-0.25, -0.2) is 5.84 Å². The molecule has 0 bridgehead atoms. The second-order valence-corrected chi connectivity index (χ2v) is 10.6. The first-order chi connectivity index (χ1) is 20.8. The number of nitrogens with two attached hydrogens (primary N) is 2. The molecule has 228 valence electrons. The van der Waals surface area contributed by atoms with Crippen LogP contribution in [0, 0.1) is 13.8 Å². The first-order valence-corrected chi connectivity index (χ1v) is 14.9. The average Bonchev–Trinajstić information content (AvgIpc) is 3.72. The topological polar surface area (TPSA) is 149 Å². The number of nitrogens with zero attached hydrogens (tertiary/aromatic N) is 6. The van der Waals surface area contributed by atoms with Crippen LogP contribution in [0.3, 0.4) is 0 Å². The Balaban J connectivity index is 0.00000207. The number of aryl methyl sites for hydroxylation is 2. The highest BCUT2D eigenvalue weighted by Gasteiger charge is 2.27. The number of nitrogens with one attached hydrogen (secondary N) is 2. The molecule has 0 aliphatic rings. The van der Waals surface area contributed by atoms with E-state index in [4.69, 9.17) is 28.3 Å². The molecule has 43 heavy (non-hydrogen) atoms. The smallest absolute Gasteiger partial charge is 0.207 e. The Labute approximate surface area is 256 Å². The number of amides is 1. The Morgan fingerprint density at radius 3 is 2.70 bits per heavy atom.